The van der Waals surface area contributed by atoms with Crippen molar-refractivity contribution in [2.75, 3.05) is 37.7 Å². The minimum atomic E-state index is -1.64. The van der Waals surface area contributed by atoms with Crippen LogP contribution in [0.25, 0.3) is 16.9 Å². The summed E-state index contributed by atoms with van der Waals surface area (Å²) < 4.78 is 49.7. The number of aliphatic hydroxyl groups is 3. The third-order valence-corrected chi connectivity index (χ3v) is 8.39. The van der Waals surface area contributed by atoms with Gasteiger partial charge >= 0.3 is 0 Å². The maximum atomic E-state index is 13.8. The molecule has 17 heteroatoms. The number of benzene rings is 2. The molecule has 4 aromatic rings. The summed E-state index contributed by atoms with van der Waals surface area (Å²) in [6.45, 7) is 3.27. The summed E-state index contributed by atoms with van der Waals surface area (Å²) in [5, 5.41) is 48.8. The summed E-state index contributed by atoms with van der Waals surface area (Å²) in [7, 11) is 0. The van der Waals surface area contributed by atoms with Gasteiger partial charge in [0.25, 0.3) is 0 Å². The third-order valence-electron chi connectivity index (χ3n) is 8.09. The van der Waals surface area contributed by atoms with Gasteiger partial charge in [-0.25, -0.2) is 17.9 Å². The van der Waals surface area contributed by atoms with Crippen molar-refractivity contribution in [3.63, 3.8) is 0 Å². The Morgan fingerprint density at radius 3 is 2.40 bits per heavy atom. The van der Waals surface area contributed by atoms with E-state index in [1.807, 2.05) is 6.07 Å². The van der Waals surface area contributed by atoms with Crippen molar-refractivity contribution in [3.05, 3.63) is 71.2 Å². The van der Waals surface area contributed by atoms with Crippen LogP contribution >= 0.6 is 11.6 Å². The van der Waals surface area contributed by atoms with Gasteiger partial charge in [0.1, 0.15) is 42.5 Å². The number of carbonyl (C=O) groups excluding carboxylic acids is 1. The average molecular weight is 649 g/mol. The Balaban J connectivity index is 1.28. The zero-order valence-electron chi connectivity index (χ0n) is 23.7. The van der Waals surface area contributed by atoms with Crippen molar-refractivity contribution in [2.24, 2.45) is 0 Å². The molecule has 45 heavy (non-hydrogen) atoms. The average Bonchev–Trinajstić information content (AvgIpc) is 3.71. The van der Waals surface area contributed by atoms with Crippen molar-refractivity contribution < 1.29 is 38.0 Å². The van der Waals surface area contributed by atoms with Crippen molar-refractivity contribution in [1.29, 1.82) is 0 Å². The molecule has 0 radical (unpaired) electrons. The fourth-order valence-electron chi connectivity index (χ4n) is 5.69. The molecular formula is C28H28ClF3N8O5. The summed E-state index contributed by atoms with van der Waals surface area (Å²) in [4.78, 5) is 15.5. The molecule has 2 saturated heterocycles. The number of rotatable bonds is 6. The Kier molecular flexibility index (Phi) is 8.49. The van der Waals surface area contributed by atoms with E-state index in [0.717, 1.165) is 22.5 Å². The van der Waals surface area contributed by atoms with Gasteiger partial charge in [0, 0.05) is 38.7 Å². The molecule has 1 amide bonds. The number of anilines is 1. The van der Waals surface area contributed by atoms with E-state index in [2.05, 4.69) is 25.4 Å². The molecule has 2 aromatic heterocycles. The van der Waals surface area contributed by atoms with Gasteiger partial charge in [-0.15, -0.1) is 15.3 Å². The van der Waals surface area contributed by atoms with E-state index in [-0.39, 0.29) is 23.0 Å². The minimum Gasteiger partial charge on any atom is -0.394 e. The number of aromatic nitrogens is 6. The van der Waals surface area contributed by atoms with E-state index >= 15 is 0 Å². The van der Waals surface area contributed by atoms with Gasteiger partial charge in [0.15, 0.2) is 23.3 Å². The van der Waals surface area contributed by atoms with E-state index in [1.54, 1.807) is 17.0 Å². The van der Waals surface area contributed by atoms with Gasteiger partial charge in [-0.2, -0.15) is 0 Å². The largest absolute Gasteiger partial charge is 0.394 e. The van der Waals surface area contributed by atoms with Gasteiger partial charge in [-0.05, 0) is 30.3 Å². The highest BCUT2D eigenvalue weighted by atomic mass is 35.5. The first-order valence-electron chi connectivity index (χ1n) is 14.0. The standard InChI is InChI=1S/C28H28ClF3N8O5/c1-14(42)37-4-6-38(7-5-37)21-3-2-16(10-17(21)29)39-13-33-35-28(39)27-26(44)24(25(43)22(12-41)45-27)40-11-20(34-36-40)15-8-18(30)23(32)19(31)9-15/h2-3,8-11,13,22,24-27,41,43-44H,4-7,12H2,1H3/t22-,24+,25+,26-,27-/m1/s1. The maximum absolute atomic E-state index is 13.8. The molecule has 238 valence electrons. The lowest BCUT2D eigenvalue weighted by Crippen LogP contribution is -2.53. The zero-order valence-corrected chi connectivity index (χ0v) is 24.5. The minimum absolute atomic E-state index is 0.0180. The molecule has 6 rings (SSSR count). The number of amides is 1. The predicted molar refractivity (Wildman–Crippen MR) is 152 cm³/mol. The number of carbonyl (C=O) groups is 1. The molecule has 0 bridgehead atoms. The molecular weight excluding hydrogens is 621 g/mol. The normalized spacial score (nSPS) is 23.9. The van der Waals surface area contributed by atoms with Crippen LogP contribution in [0.3, 0.4) is 0 Å². The lowest BCUT2D eigenvalue weighted by atomic mass is 9.92. The topological polar surface area (TPSA) is 155 Å². The summed E-state index contributed by atoms with van der Waals surface area (Å²) >= 11 is 6.68. The molecule has 0 saturated carbocycles. The summed E-state index contributed by atoms with van der Waals surface area (Å²) in [6, 6.07) is 5.52. The van der Waals surface area contributed by atoms with Crippen molar-refractivity contribution in [1.82, 2.24) is 34.7 Å². The number of ether oxygens (including phenoxy) is 1. The smallest absolute Gasteiger partial charge is 0.219 e. The van der Waals surface area contributed by atoms with Crippen LogP contribution in [0.5, 0.6) is 0 Å². The summed E-state index contributed by atoms with van der Waals surface area (Å²) in [5.41, 5.74) is 1.13. The maximum Gasteiger partial charge on any atom is 0.219 e. The molecule has 2 aromatic carbocycles. The Bertz CT molecular complexity index is 1690. The number of aliphatic hydroxyl groups excluding tert-OH is 3. The highest BCUT2D eigenvalue weighted by Gasteiger charge is 2.48. The SMILES string of the molecule is CC(=O)N1CCN(c2ccc(-n3cnnc3[C@@H]3O[C@H](CO)[C@H](O)[C@H](n4cc(-c5cc(F)c(F)c(F)c5)nn4)[C@H]3O)cc2Cl)CC1. The lowest BCUT2D eigenvalue weighted by molar-refractivity contribution is -0.210. The van der Waals surface area contributed by atoms with Gasteiger partial charge in [0.2, 0.25) is 5.91 Å². The second-order valence-electron chi connectivity index (χ2n) is 10.8. The van der Waals surface area contributed by atoms with Gasteiger partial charge in [-0.1, -0.05) is 16.8 Å². The van der Waals surface area contributed by atoms with Gasteiger partial charge in [-0.3, -0.25) is 9.36 Å². The third kappa shape index (κ3) is 5.75. The number of halogens is 4. The monoisotopic (exact) mass is 648 g/mol. The van der Waals surface area contributed by atoms with Crippen molar-refractivity contribution in [3.8, 4) is 16.9 Å². The van der Waals surface area contributed by atoms with E-state index < -0.39 is 54.5 Å². The van der Waals surface area contributed by atoms with Crippen LogP contribution in [0.2, 0.25) is 5.02 Å². The number of piperazine rings is 1. The van der Waals surface area contributed by atoms with Crippen LogP contribution in [-0.2, 0) is 9.53 Å². The zero-order chi connectivity index (χ0) is 32.0. The Hall–Kier alpha value is -4.09. The van der Waals surface area contributed by atoms with Crippen LogP contribution in [0.1, 0.15) is 24.9 Å². The second-order valence-corrected chi connectivity index (χ2v) is 11.2. The fraction of sp³-hybridized carbons (Fsp3) is 0.393. The molecule has 2 aliphatic rings. The molecule has 2 fully saturated rings. The van der Waals surface area contributed by atoms with Crippen LogP contribution in [-0.4, -0.2) is 107 Å². The lowest BCUT2D eigenvalue weighted by Gasteiger charge is -2.41. The Labute approximate surface area is 259 Å². The first-order valence-corrected chi connectivity index (χ1v) is 14.3. The van der Waals surface area contributed by atoms with Gasteiger partial charge < -0.3 is 29.9 Å². The van der Waals surface area contributed by atoms with E-state index in [1.165, 1.54) is 24.0 Å². The Morgan fingerprint density at radius 2 is 1.76 bits per heavy atom. The second kappa shape index (κ2) is 12.4. The van der Waals surface area contributed by atoms with E-state index in [4.69, 9.17) is 16.3 Å². The highest BCUT2D eigenvalue weighted by molar-refractivity contribution is 6.33. The fourth-order valence-corrected chi connectivity index (χ4v) is 5.98. The van der Waals surface area contributed by atoms with Gasteiger partial charge in [0.05, 0.1) is 29.2 Å². The number of hydrogen-bond acceptors (Lipinski definition) is 10. The molecule has 5 atom stereocenters. The van der Waals surface area contributed by atoms with Crippen LogP contribution in [0.15, 0.2) is 42.9 Å². The van der Waals surface area contributed by atoms with E-state index in [0.29, 0.717) is 36.9 Å². The first kappa shape index (κ1) is 30.9. The predicted octanol–water partition coefficient (Wildman–Crippen LogP) is 1.66. The van der Waals surface area contributed by atoms with Crippen molar-refractivity contribution in [2.45, 2.75) is 37.4 Å². The molecule has 2 aliphatic heterocycles. The number of hydrogen-bond donors (Lipinski definition) is 3. The molecule has 13 nitrogen and oxygen atoms in total. The van der Waals surface area contributed by atoms with Crippen LogP contribution in [0, 0.1) is 17.5 Å². The molecule has 0 unspecified atom stereocenters. The van der Waals surface area contributed by atoms with E-state index in [9.17, 15) is 33.3 Å². The highest BCUT2D eigenvalue weighted by Crippen LogP contribution is 2.39. The van der Waals surface area contributed by atoms with Crippen molar-refractivity contribution >= 4 is 23.2 Å². The quantitative estimate of drug-likeness (QED) is 0.263. The Morgan fingerprint density at radius 1 is 1.04 bits per heavy atom. The summed E-state index contributed by atoms with van der Waals surface area (Å²) in [5.74, 6) is -4.34. The first-order chi connectivity index (χ1) is 21.6. The summed E-state index contributed by atoms with van der Waals surface area (Å²) in [6.07, 6.45) is -2.87. The molecule has 0 aliphatic carbocycles. The van der Waals surface area contributed by atoms with Crippen LogP contribution in [0.4, 0.5) is 18.9 Å². The molecule has 3 N–H and O–H groups in total. The molecule has 0 spiro atoms. The number of nitrogens with zero attached hydrogens (tertiary/aromatic N) is 8. The molecule has 4 heterocycles. The van der Waals surface area contributed by atoms with Crippen LogP contribution < -0.4 is 4.90 Å².